The zero-order valence-corrected chi connectivity index (χ0v) is 13.0. The minimum absolute atomic E-state index is 0.407. The highest BCUT2D eigenvalue weighted by atomic mass is 32.2. The fourth-order valence-electron chi connectivity index (χ4n) is 2.94. The first-order valence-electron chi connectivity index (χ1n) is 7.66. The summed E-state index contributed by atoms with van der Waals surface area (Å²) in [5.41, 5.74) is 0. The topological polar surface area (TPSA) is 52.0 Å². The van der Waals surface area contributed by atoms with Crippen LogP contribution in [0, 0.1) is 5.92 Å². The van der Waals surface area contributed by atoms with E-state index in [4.69, 9.17) is 4.74 Å². The molecule has 0 saturated carbocycles. The van der Waals surface area contributed by atoms with Crippen molar-refractivity contribution in [3.63, 3.8) is 0 Å². The Labute approximate surface area is 124 Å². The van der Waals surface area contributed by atoms with Crippen molar-refractivity contribution >= 4 is 11.8 Å². The summed E-state index contributed by atoms with van der Waals surface area (Å²) in [6.07, 6.45) is 6.37. The molecule has 0 bridgehead atoms. The van der Waals surface area contributed by atoms with Gasteiger partial charge in [0.2, 0.25) is 0 Å². The van der Waals surface area contributed by atoms with Crippen LogP contribution < -0.4 is 5.32 Å². The summed E-state index contributed by atoms with van der Waals surface area (Å²) >= 11 is 1.78. The number of piperidine rings is 1. The molecule has 1 aromatic rings. The lowest BCUT2D eigenvalue weighted by Gasteiger charge is -2.21. The van der Waals surface area contributed by atoms with Crippen LogP contribution in [0.25, 0.3) is 0 Å². The molecule has 0 spiro atoms. The van der Waals surface area contributed by atoms with Gasteiger partial charge >= 0.3 is 0 Å². The summed E-state index contributed by atoms with van der Waals surface area (Å²) in [5, 5.41) is 13.2. The van der Waals surface area contributed by atoms with Crippen molar-refractivity contribution in [3.05, 3.63) is 5.82 Å². The number of nitrogens with one attached hydrogen (secondary N) is 1. The van der Waals surface area contributed by atoms with Gasteiger partial charge in [-0.1, -0.05) is 11.8 Å². The highest BCUT2D eigenvalue weighted by Crippen LogP contribution is 2.24. The lowest BCUT2D eigenvalue weighted by atomic mass is 9.94. The zero-order chi connectivity index (χ0) is 13.8. The predicted octanol–water partition coefficient (Wildman–Crippen LogP) is 1.63. The van der Waals surface area contributed by atoms with Gasteiger partial charge in [-0.25, -0.2) is 0 Å². The van der Waals surface area contributed by atoms with Crippen LogP contribution in [0.2, 0.25) is 0 Å². The smallest absolute Gasteiger partial charge is 0.191 e. The number of nitrogens with zero attached hydrogens (tertiary/aromatic N) is 3. The van der Waals surface area contributed by atoms with Gasteiger partial charge in [-0.2, -0.15) is 0 Å². The van der Waals surface area contributed by atoms with Crippen molar-refractivity contribution in [1.29, 1.82) is 0 Å². The molecule has 2 aliphatic rings. The van der Waals surface area contributed by atoms with Gasteiger partial charge in [0.25, 0.3) is 0 Å². The van der Waals surface area contributed by atoms with Crippen LogP contribution in [0.1, 0.15) is 31.5 Å². The molecule has 2 saturated heterocycles. The fourth-order valence-corrected chi connectivity index (χ4v) is 3.93. The average molecular weight is 296 g/mol. The van der Waals surface area contributed by atoms with Crippen molar-refractivity contribution in [3.8, 4) is 0 Å². The molecule has 0 radical (unpaired) electrons. The van der Waals surface area contributed by atoms with Crippen LogP contribution >= 0.6 is 11.8 Å². The van der Waals surface area contributed by atoms with Crippen LogP contribution in [-0.2, 0) is 18.2 Å². The predicted molar refractivity (Wildman–Crippen MR) is 80.0 cm³/mol. The maximum absolute atomic E-state index is 5.66. The molecule has 0 amide bonds. The van der Waals surface area contributed by atoms with Gasteiger partial charge in [0.05, 0.1) is 6.10 Å². The molecular weight excluding hydrogens is 272 g/mol. The molecule has 3 heterocycles. The summed E-state index contributed by atoms with van der Waals surface area (Å²) < 4.78 is 7.83. The highest BCUT2D eigenvalue weighted by Gasteiger charge is 2.20. The Balaban J connectivity index is 1.53. The Hall–Kier alpha value is -0.590. The third kappa shape index (κ3) is 3.54. The number of hydrogen-bond donors (Lipinski definition) is 1. The highest BCUT2D eigenvalue weighted by molar-refractivity contribution is 7.99. The molecular formula is C14H24N4OS. The Morgan fingerprint density at radius 3 is 2.90 bits per heavy atom. The van der Waals surface area contributed by atoms with Crippen LogP contribution in [0.5, 0.6) is 0 Å². The molecule has 20 heavy (non-hydrogen) atoms. The molecule has 0 unspecified atom stereocenters. The number of rotatable bonds is 5. The first-order chi connectivity index (χ1) is 9.83. The van der Waals surface area contributed by atoms with Crippen molar-refractivity contribution in [1.82, 2.24) is 20.1 Å². The van der Waals surface area contributed by atoms with Crippen LogP contribution in [0.3, 0.4) is 0 Å². The molecule has 112 valence electrons. The van der Waals surface area contributed by atoms with E-state index in [9.17, 15) is 0 Å². The van der Waals surface area contributed by atoms with E-state index < -0.39 is 0 Å². The monoisotopic (exact) mass is 296 g/mol. The normalized spacial score (nSPS) is 24.4. The first kappa shape index (κ1) is 14.4. The van der Waals surface area contributed by atoms with Gasteiger partial charge in [-0.3, -0.25) is 0 Å². The molecule has 0 aliphatic carbocycles. The zero-order valence-electron chi connectivity index (χ0n) is 12.2. The van der Waals surface area contributed by atoms with Crippen molar-refractivity contribution in [2.75, 3.05) is 25.4 Å². The number of hydrogen-bond acceptors (Lipinski definition) is 5. The molecule has 3 rings (SSSR count). The van der Waals surface area contributed by atoms with Crippen LogP contribution in [0.15, 0.2) is 5.16 Å². The number of ether oxygens (including phenoxy) is 1. The minimum Gasteiger partial charge on any atom is -0.377 e. The lowest BCUT2D eigenvalue weighted by Crippen LogP contribution is -2.29. The Morgan fingerprint density at radius 2 is 2.15 bits per heavy atom. The quantitative estimate of drug-likeness (QED) is 0.837. The third-order valence-electron chi connectivity index (χ3n) is 4.28. The standard InChI is InChI=1S/C14H24N4OS/c1-18-13(9-11-4-6-15-7-5-11)16-17-14(18)20-10-12-3-2-8-19-12/h11-12,15H,2-10H2,1H3/t12-/m1/s1. The van der Waals surface area contributed by atoms with Crippen molar-refractivity contribution in [2.45, 2.75) is 43.4 Å². The molecule has 1 aromatic heterocycles. The van der Waals surface area contributed by atoms with E-state index in [2.05, 4.69) is 27.1 Å². The van der Waals surface area contributed by atoms with Crippen LogP contribution in [-0.4, -0.2) is 46.3 Å². The van der Waals surface area contributed by atoms with Gasteiger partial charge < -0.3 is 14.6 Å². The molecule has 0 aromatic carbocycles. The maximum Gasteiger partial charge on any atom is 0.191 e. The summed E-state index contributed by atoms with van der Waals surface area (Å²) in [6.45, 7) is 3.21. The fraction of sp³-hybridized carbons (Fsp3) is 0.857. The Kier molecular flexibility index (Phi) is 4.96. The third-order valence-corrected chi connectivity index (χ3v) is 5.43. The van der Waals surface area contributed by atoms with Crippen LogP contribution in [0.4, 0.5) is 0 Å². The second-order valence-corrected chi connectivity index (χ2v) is 6.79. The van der Waals surface area contributed by atoms with Gasteiger partial charge in [0.1, 0.15) is 5.82 Å². The number of aromatic nitrogens is 3. The molecule has 6 heteroatoms. The second-order valence-electron chi connectivity index (χ2n) is 5.80. The molecule has 1 N–H and O–H groups in total. The van der Waals surface area contributed by atoms with Gasteiger partial charge in [0, 0.05) is 25.8 Å². The molecule has 5 nitrogen and oxygen atoms in total. The summed E-state index contributed by atoms with van der Waals surface area (Å²) in [5.74, 6) is 2.89. The molecule has 2 fully saturated rings. The van der Waals surface area contributed by atoms with E-state index in [1.165, 1.54) is 25.7 Å². The SMILES string of the molecule is Cn1c(CC2CCNCC2)nnc1SC[C@H]1CCCO1. The summed E-state index contributed by atoms with van der Waals surface area (Å²) in [7, 11) is 2.09. The average Bonchev–Trinajstić information content (AvgIpc) is 3.10. The van der Waals surface area contributed by atoms with E-state index >= 15 is 0 Å². The molecule has 1 atom stereocenters. The van der Waals surface area contributed by atoms with E-state index in [0.29, 0.717) is 6.10 Å². The van der Waals surface area contributed by atoms with Gasteiger partial charge in [0.15, 0.2) is 5.16 Å². The van der Waals surface area contributed by atoms with E-state index in [-0.39, 0.29) is 0 Å². The Bertz CT molecular complexity index is 425. The van der Waals surface area contributed by atoms with E-state index in [1.54, 1.807) is 11.8 Å². The number of thioether (sulfide) groups is 1. The first-order valence-corrected chi connectivity index (χ1v) is 8.65. The molecule has 2 aliphatic heterocycles. The van der Waals surface area contributed by atoms with E-state index in [0.717, 1.165) is 48.8 Å². The second kappa shape index (κ2) is 6.91. The van der Waals surface area contributed by atoms with Gasteiger partial charge in [-0.15, -0.1) is 10.2 Å². The Morgan fingerprint density at radius 1 is 1.30 bits per heavy atom. The summed E-state index contributed by atoms with van der Waals surface area (Å²) in [6, 6.07) is 0. The van der Waals surface area contributed by atoms with Crippen molar-refractivity contribution < 1.29 is 4.74 Å². The van der Waals surface area contributed by atoms with Crippen molar-refractivity contribution in [2.24, 2.45) is 13.0 Å². The van der Waals surface area contributed by atoms with Gasteiger partial charge in [-0.05, 0) is 44.7 Å². The minimum atomic E-state index is 0.407. The largest absolute Gasteiger partial charge is 0.377 e. The maximum atomic E-state index is 5.66. The van der Waals surface area contributed by atoms with E-state index in [1.807, 2.05) is 0 Å². The summed E-state index contributed by atoms with van der Waals surface area (Å²) in [4.78, 5) is 0. The lowest BCUT2D eigenvalue weighted by molar-refractivity contribution is 0.129.